The van der Waals surface area contributed by atoms with Crippen LogP contribution in [0.15, 0.2) is 24.3 Å². The van der Waals surface area contributed by atoms with Crippen LogP contribution in [0.5, 0.6) is 0 Å². The van der Waals surface area contributed by atoms with Gasteiger partial charge in [0.1, 0.15) is 0 Å². The summed E-state index contributed by atoms with van der Waals surface area (Å²) in [5, 5.41) is 0. The van der Waals surface area contributed by atoms with Gasteiger partial charge in [-0.1, -0.05) is 29.8 Å². The highest BCUT2D eigenvalue weighted by molar-refractivity contribution is 7.77. The number of carbonyl (C=O) groups excluding carboxylic acids is 2. The average molecular weight is 299 g/mol. The molecule has 0 aliphatic carbocycles. The van der Waals surface area contributed by atoms with Crippen molar-refractivity contribution < 1.29 is 18.4 Å². The molecule has 3 amide bonds. The molecule has 1 rings (SSSR count). The summed E-state index contributed by atoms with van der Waals surface area (Å²) >= 11 is -2.58. The third kappa shape index (κ3) is 4.32. The standard InChI is InChI=1S/C12H17N3O4S/c1-8-2-4-9(5-3-8)10(6-7-11(13)16)15(12(14)17)20(18)19/h2-5,10H,6-7H2,1H3,(H2,13,16)(H2,14,17)(H,18,19). The van der Waals surface area contributed by atoms with Gasteiger partial charge in [0.05, 0.1) is 6.04 Å². The third-order valence-electron chi connectivity index (χ3n) is 2.79. The van der Waals surface area contributed by atoms with Gasteiger partial charge in [0.2, 0.25) is 5.91 Å². The Balaban J connectivity index is 3.12. The Morgan fingerprint density at radius 3 is 2.25 bits per heavy atom. The van der Waals surface area contributed by atoms with E-state index in [-0.39, 0.29) is 12.8 Å². The van der Waals surface area contributed by atoms with Crippen LogP contribution in [0.2, 0.25) is 0 Å². The van der Waals surface area contributed by atoms with Crippen molar-refractivity contribution in [3.8, 4) is 0 Å². The molecule has 0 aromatic heterocycles. The number of aryl methyl sites for hydroxylation is 1. The lowest BCUT2D eigenvalue weighted by molar-refractivity contribution is -0.118. The first kappa shape index (κ1) is 16.1. The van der Waals surface area contributed by atoms with E-state index in [1.165, 1.54) is 0 Å². The zero-order valence-corrected chi connectivity index (χ0v) is 11.8. The fraction of sp³-hybridized carbons (Fsp3) is 0.333. The largest absolute Gasteiger partial charge is 0.370 e. The van der Waals surface area contributed by atoms with Crippen molar-refractivity contribution in [1.29, 1.82) is 0 Å². The molecule has 8 heteroatoms. The van der Waals surface area contributed by atoms with Gasteiger partial charge in [-0.3, -0.25) is 9.35 Å². The molecular formula is C12H17N3O4S. The van der Waals surface area contributed by atoms with Crippen LogP contribution < -0.4 is 11.5 Å². The first-order valence-corrected chi connectivity index (χ1v) is 6.93. The van der Waals surface area contributed by atoms with E-state index in [9.17, 15) is 18.4 Å². The SMILES string of the molecule is Cc1ccc(C(CCC(N)=O)N(C(N)=O)S(=O)O)cc1. The molecule has 0 saturated heterocycles. The fourth-order valence-electron chi connectivity index (χ4n) is 1.83. The average Bonchev–Trinajstić information content (AvgIpc) is 2.34. The van der Waals surface area contributed by atoms with Gasteiger partial charge >= 0.3 is 6.03 Å². The maximum absolute atomic E-state index is 11.3. The molecular weight excluding hydrogens is 282 g/mol. The zero-order valence-electron chi connectivity index (χ0n) is 11.0. The van der Waals surface area contributed by atoms with Crippen LogP contribution in [-0.4, -0.2) is 25.0 Å². The Hall–Kier alpha value is -1.93. The maximum Gasteiger partial charge on any atom is 0.328 e. The van der Waals surface area contributed by atoms with Crippen LogP contribution in [0.4, 0.5) is 4.79 Å². The summed E-state index contributed by atoms with van der Waals surface area (Å²) in [6, 6.07) is 5.19. The Labute approximate surface area is 119 Å². The summed E-state index contributed by atoms with van der Waals surface area (Å²) in [4.78, 5) is 22.2. The number of hydrogen-bond donors (Lipinski definition) is 3. The van der Waals surface area contributed by atoms with Crippen LogP contribution in [0, 0.1) is 6.92 Å². The smallest absolute Gasteiger partial charge is 0.328 e. The molecule has 5 N–H and O–H groups in total. The molecule has 1 aromatic rings. The quantitative estimate of drug-likeness (QED) is 0.672. The van der Waals surface area contributed by atoms with Gasteiger partial charge in [0.25, 0.3) is 11.3 Å². The molecule has 110 valence electrons. The highest BCUT2D eigenvalue weighted by atomic mass is 32.2. The Bertz CT molecular complexity index is 504. The summed E-state index contributed by atoms with van der Waals surface area (Å²) in [6.45, 7) is 1.89. The van der Waals surface area contributed by atoms with Gasteiger partial charge in [0, 0.05) is 6.42 Å². The van der Waals surface area contributed by atoms with E-state index in [1.54, 1.807) is 24.3 Å². The Morgan fingerprint density at radius 1 is 1.30 bits per heavy atom. The highest BCUT2D eigenvalue weighted by Crippen LogP contribution is 2.27. The second-order valence-electron chi connectivity index (χ2n) is 4.33. The lowest BCUT2D eigenvalue weighted by Crippen LogP contribution is -2.40. The van der Waals surface area contributed by atoms with E-state index < -0.39 is 29.2 Å². The monoisotopic (exact) mass is 299 g/mol. The van der Waals surface area contributed by atoms with Crippen molar-refractivity contribution in [2.24, 2.45) is 11.5 Å². The number of urea groups is 1. The van der Waals surface area contributed by atoms with Crippen LogP contribution in [-0.2, 0) is 16.1 Å². The Kier molecular flexibility index (Phi) is 5.66. The van der Waals surface area contributed by atoms with E-state index in [1.807, 2.05) is 6.92 Å². The van der Waals surface area contributed by atoms with Crippen LogP contribution in [0.1, 0.15) is 30.0 Å². The van der Waals surface area contributed by atoms with Crippen molar-refractivity contribution in [2.75, 3.05) is 0 Å². The minimum absolute atomic E-state index is 0.0283. The number of benzene rings is 1. The van der Waals surface area contributed by atoms with Gasteiger partial charge in [-0.2, -0.15) is 0 Å². The molecule has 0 fully saturated rings. The topological polar surface area (TPSA) is 127 Å². The van der Waals surface area contributed by atoms with Crippen LogP contribution in [0.25, 0.3) is 0 Å². The molecule has 0 saturated carbocycles. The van der Waals surface area contributed by atoms with Crippen molar-refractivity contribution in [2.45, 2.75) is 25.8 Å². The molecule has 0 aliphatic heterocycles. The van der Waals surface area contributed by atoms with E-state index >= 15 is 0 Å². The summed E-state index contributed by atoms with van der Waals surface area (Å²) in [7, 11) is 0. The minimum atomic E-state index is -2.58. The number of primary amides is 2. The van der Waals surface area contributed by atoms with Gasteiger partial charge < -0.3 is 11.5 Å². The predicted molar refractivity (Wildman–Crippen MR) is 74.5 cm³/mol. The van der Waals surface area contributed by atoms with Crippen LogP contribution in [0.3, 0.4) is 0 Å². The molecule has 1 aromatic carbocycles. The second kappa shape index (κ2) is 7.01. The first-order chi connectivity index (χ1) is 9.32. The lowest BCUT2D eigenvalue weighted by Gasteiger charge is -2.26. The molecule has 0 radical (unpaired) electrons. The summed E-state index contributed by atoms with van der Waals surface area (Å²) in [5.74, 6) is -0.560. The zero-order chi connectivity index (χ0) is 15.3. The summed E-state index contributed by atoms with van der Waals surface area (Å²) in [6.07, 6.45) is 0.0904. The van der Waals surface area contributed by atoms with Crippen LogP contribution >= 0.6 is 0 Å². The number of amides is 3. The van der Waals surface area contributed by atoms with Gasteiger partial charge in [-0.25, -0.2) is 13.3 Å². The predicted octanol–water partition coefficient (Wildman–Crippen LogP) is 0.819. The molecule has 0 bridgehead atoms. The summed E-state index contributed by atoms with van der Waals surface area (Å²) in [5.41, 5.74) is 11.8. The van der Waals surface area contributed by atoms with Crippen molar-refractivity contribution >= 4 is 23.2 Å². The molecule has 20 heavy (non-hydrogen) atoms. The maximum atomic E-state index is 11.3. The number of hydrogen-bond acceptors (Lipinski definition) is 3. The third-order valence-corrected chi connectivity index (χ3v) is 3.57. The van der Waals surface area contributed by atoms with Crippen molar-refractivity contribution in [3.05, 3.63) is 35.4 Å². The number of rotatable bonds is 6. The van der Waals surface area contributed by atoms with Crippen molar-refractivity contribution in [1.82, 2.24) is 4.31 Å². The van der Waals surface area contributed by atoms with Gasteiger partial charge in [-0.05, 0) is 18.9 Å². The molecule has 7 nitrogen and oxygen atoms in total. The number of carbonyl (C=O) groups is 2. The fourth-order valence-corrected chi connectivity index (χ4v) is 2.43. The van der Waals surface area contributed by atoms with E-state index in [0.29, 0.717) is 9.87 Å². The van der Waals surface area contributed by atoms with E-state index in [0.717, 1.165) is 5.56 Å². The highest BCUT2D eigenvalue weighted by Gasteiger charge is 2.28. The van der Waals surface area contributed by atoms with E-state index in [4.69, 9.17) is 11.5 Å². The number of nitrogens with two attached hydrogens (primary N) is 2. The summed E-state index contributed by atoms with van der Waals surface area (Å²) < 4.78 is 21.1. The first-order valence-electron chi connectivity index (χ1n) is 5.87. The normalized spacial score (nSPS) is 13.5. The van der Waals surface area contributed by atoms with Gasteiger partial charge in [-0.15, -0.1) is 0 Å². The van der Waals surface area contributed by atoms with Gasteiger partial charge in [0.15, 0.2) is 0 Å². The number of nitrogens with zero attached hydrogens (tertiary/aromatic N) is 1. The molecule has 0 aliphatic rings. The molecule has 2 atom stereocenters. The van der Waals surface area contributed by atoms with E-state index in [2.05, 4.69) is 0 Å². The molecule has 2 unspecified atom stereocenters. The van der Waals surface area contributed by atoms with Crippen molar-refractivity contribution in [3.63, 3.8) is 0 Å². The molecule has 0 spiro atoms. The Morgan fingerprint density at radius 2 is 1.85 bits per heavy atom. The molecule has 0 heterocycles. The lowest BCUT2D eigenvalue weighted by atomic mass is 10.0. The second-order valence-corrected chi connectivity index (χ2v) is 5.18. The minimum Gasteiger partial charge on any atom is -0.370 e.